The highest BCUT2D eigenvalue weighted by Gasteiger charge is 2.53. The maximum Gasteiger partial charge on any atom is 0.410 e. The molecule has 0 aliphatic carbocycles. The van der Waals surface area contributed by atoms with Crippen LogP contribution >= 0.6 is 0 Å². The minimum Gasteiger partial charge on any atom is -0.468 e. The SMILES string of the molecule is COC(=O)C1(N)CC2CCC(C1)N2C(=O)OC(C)(C)C. The largest absolute Gasteiger partial charge is 0.468 e. The minimum absolute atomic E-state index is 0.0345. The fourth-order valence-corrected chi connectivity index (χ4v) is 3.27. The lowest BCUT2D eigenvalue weighted by Crippen LogP contribution is -2.61. The lowest BCUT2D eigenvalue weighted by atomic mass is 9.84. The van der Waals surface area contributed by atoms with Crippen LogP contribution in [-0.2, 0) is 14.3 Å². The molecule has 0 aromatic rings. The summed E-state index contributed by atoms with van der Waals surface area (Å²) in [6.07, 6.45) is 2.29. The fraction of sp³-hybridized carbons (Fsp3) is 0.857. The van der Waals surface area contributed by atoms with E-state index in [0.29, 0.717) is 12.8 Å². The third kappa shape index (κ3) is 2.75. The molecule has 114 valence electrons. The van der Waals surface area contributed by atoms with E-state index in [-0.39, 0.29) is 18.2 Å². The van der Waals surface area contributed by atoms with Gasteiger partial charge in [0, 0.05) is 12.1 Å². The first-order valence-corrected chi connectivity index (χ1v) is 7.05. The first-order chi connectivity index (χ1) is 9.16. The Hall–Kier alpha value is -1.30. The van der Waals surface area contributed by atoms with Gasteiger partial charge in [0.15, 0.2) is 0 Å². The van der Waals surface area contributed by atoms with Gasteiger partial charge < -0.3 is 20.1 Å². The predicted molar refractivity (Wildman–Crippen MR) is 73.1 cm³/mol. The van der Waals surface area contributed by atoms with Crippen LogP contribution in [0.2, 0.25) is 0 Å². The van der Waals surface area contributed by atoms with Gasteiger partial charge in [-0.05, 0) is 46.5 Å². The van der Waals surface area contributed by atoms with Crippen LogP contribution in [0.3, 0.4) is 0 Å². The fourth-order valence-electron chi connectivity index (χ4n) is 3.27. The Bertz CT molecular complexity index is 402. The predicted octanol–water partition coefficient (Wildman–Crippen LogP) is 1.42. The Kier molecular flexibility index (Phi) is 3.71. The molecule has 2 aliphatic heterocycles. The van der Waals surface area contributed by atoms with Crippen molar-refractivity contribution in [1.82, 2.24) is 4.90 Å². The summed E-state index contributed by atoms with van der Waals surface area (Å²) in [5.41, 5.74) is 4.68. The standard InChI is InChI=1S/C14H24N2O4/c1-13(2,3)20-12(18)16-9-5-6-10(16)8-14(15,7-9)11(17)19-4/h9-10H,5-8,15H2,1-4H3. The first-order valence-electron chi connectivity index (χ1n) is 7.05. The number of carbonyl (C=O) groups is 2. The Balaban J connectivity index is 2.11. The Morgan fingerprint density at radius 2 is 1.70 bits per heavy atom. The van der Waals surface area contributed by atoms with Crippen LogP contribution in [0.25, 0.3) is 0 Å². The maximum atomic E-state index is 12.3. The van der Waals surface area contributed by atoms with E-state index in [1.165, 1.54) is 7.11 Å². The van der Waals surface area contributed by atoms with Gasteiger partial charge >= 0.3 is 12.1 Å². The minimum atomic E-state index is -0.973. The Labute approximate surface area is 119 Å². The lowest BCUT2D eigenvalue weighted by molar-refractivity contribution is -0.150. The molecule has 20 heavy (non-hydrogen) atoms. The highest BCUT2D eigenvalue weighted by atomic mass is 16.6. The Morgan fingerprint density at radius 1 is 1.20 bits per heavy atom. The smallest absolute Gasteiger partial charge is 0.410 e. The molecule has 6 nitrogen and oxygen atoms in total. The van der Waals surface area contributed by atoms with Crippen LogP contribution in [0.1, 0.15) is 46.5 Å². The first kappa shape index (κ1) is 15.1. The number of nitrogens with zero attached hydrogens (tertiary/aromatic N) is 1. The second-order valence-corrected chi connectivity index (χ2v) is 6.83. The molecule has 2 heterocycles. The Morgan fingerprint density at radius 3 is 2.10 bits per heavy atom. The molecule has 0 aromatic heterocycles. The lowest BCUT2D eigenvalue weighted by Gasteiger charge is -2.42. The van der Waals surface area contributed by atoms with Crippen molar-refractivity contribution in [3.63, 3.8) is 0 Å². The van der Waals surface area contributed by atoms with E-state index in [9.17, 15) is 9.59 Å². The van der Waals surface area contributed by atoms with Crippen molar-refractivity contribution < 1.29 is 19.1 Å². The average molecular weight is 284 g/mol. The second-order valence-electron chi connectivity index (χ2n) is 6.83. The summed E-state index contributed by atoms with van der Waals surface area (Å²) in [7, 11) is 1.35. The molecule has 2 fully saturated rings. The summed E-state index contributed by atoms with van der Waals surface area (Å²) in [6.45, 7) is 5.54. The van der Waals surface area contributed by atoms with Crippen LogP contribution < -0.4 is 5.73 Å². The quantitative estimate of drug-likeness (QED) is 0.736. The van der Waals surface area contributed by atoms with Crippen LogP contribution in [0.4, 0.5) is 4.79 Å². The number of piperidine rings is 1. The van der Waals surface area contributed by atoms with Crippen molar-refractivity contribution >= 4 is 12.1 Å². The molecule has 2 unspecified atom stereocenters. The van der Waals surface area contributed by atoms with Crippen molar-refractivity contribution in [2.45, 2.75) is 69.7 Å². The molecule has 2 saturated heterocycles. The molecule has 2 N–H and O–H groups in total. The van der Waals surface area contributed by atoms with Crippen molar-refractivity contribution in [2.75, 3.05) is 7.11 Å². The van der Waals surface area contributed by atoms with Gasteiger partial charge in [-0.1, -0.05) is 0 Å². The van der Waals surface area contributed by atoms with E-state index < -0.39 is 17.1 Å². The van der Waals surface area contributed by atoms with Crippen LogP contribution in [0, 0.1) is 0 Å². The molecule has 0 saturated carbocycles. The third-order valence-corrected chi connectivity index (χ3v) is 4.02. The zero-order valence-electron chi connectivity index (χ0n) is 12.6. The molecule has 0 radical (unpaired) electrons. The third-order valence-electron chi connectivity index (χ3n) is 4.02. The summed E-state index contributed by atoms with van der Waals surface area (Å²) in [5, 5.41) is 0. The molecule has 2 rings (SSSR count). The molecular formula is C14H24N2O4. The van der Waals surface area contributed by atoms with Gasteiger partial charge in [-0.25, -0.2) is 4.79 Å². The van der Waals surface area contributed by atoms with E-state index >= 15 is 0 Å². The summed E-state index contributed by atoms with van der Waals surface area (Å²) in [6, 6.07) is -0.0691. The normalized spacial score (nSPS) is 33.0. The number of hydrogen-bond donors (Lipinski definition) is 1. The zero-order chi connectivity index (χ0) is 15.1. The van der Waals surface area contributed by atoms with Gasteiger partial charge in [0.25, 0.3) is 0 Å². The summed E-state index contributed by atoms with van der Waals surface area (Å²) >= 11 is 0. The summed E-state index contributed by atoms with van der Waals surface area (Å²) in [5.74, 6) is -0.391. The van der Waals surface area contributed by atoms with Crippen molar-refractivity contribution in [3.05, 3.63) is 0 Å². The summed E-state index contributed by atoms with van der Waals surface area (Å²) in [4.78, 5) is 25.9. The van der Waals surface area contributed by atoms with Gasteiger partial charge in [-0.2, -0.15) is 0 Å². The number of carbonyl (C=O) groups excluding carboxylic acids is 2. The van der Waals surface area contributed by atoms with E-state index in [0.717, 1.165) is 12.8 Å². The number of nitrogens with two attached hydrogens (primary N) is 1. The topological polar surface area (TPSA) is 81.9 Å². The molecule has 0 aromatic carbocycles. The number of methoxy groups -OCH3 is 1. The zero-order valence-corrected chi connectivity index (χ0v) is 12.6. The number of esters is 1. The van der Waals surface area contributed by atoms with E-state index in [2.05, 4.69) is 0 Å². The average Bonchev–Trinajstić information content (AvgIpc) is 2.59. The molecule has 0 spiro atoms. The molecular weight excluding hydrogens is 260 g/mol. The van der Waals surface area contributed by atoms with Gasteiger partial charge in [0.1, 0.15) is 11.1 Å². The van der Waals surface area contributed by atoms with Gasteiger partial charge in [-0.3, -0.25) is 4.79 Å². The second kappa shape index (κ2) is 4.91. The molecule has 2 aliphatic rings. The van der Waals surface area contributed by atoms with Gasteiger partial charge in [0.2, 0.25) is 0 Å². The number of rotatable bonds is 1. The van der Waals surface area contributed by atoms with E-state index in [1.54, 1.807) is 4.90 Å². The van der Waals surface area contributed by atoms with Crippen LogP contribution in [0.15, 0.2) is 0 Å². The van der Waals surface area contributed by atoms with Crippen molar-refractivity contribution in [2.24, 2.45) is 5.73 Å². The van der Waals surface area contributed by atoms with Crippen molar-refractivity contribution in [3.8, 4) is 0 Å². The molecule has 2 bridgehead atoms. The molecule has 2 atom stereocenters. The van der Waals surface area contributed by atoms with Crippen LogP contribution in [-0.4, -0.2) is 47.3 Å². The van der Waals surface area contributed by atoms with E-state index in [4.69, 9.17) is 15.2 Å². The molecule has 6 heteroatoms. The summed E-state index contributed by atoms with van der Waals surface area (Å²) < 4.78 is 10.2. The van der Waals surface area contributed by atoms with Crippen molar-refractivity contribution in [1.29, 1.82) is 0 Å². The molecule has 1 amide bonds. The highest BCUT2D eigenvalue weighted by molar-refractivity contribution is 5.81. The monoisotopic (exact) mass is 284 g/mol. The van der Waals surface area contributed by atoms with Gasteiger partial charge in [-0.15, -0.1) is 0 Å². The maximum absolute atomic E-state index is 12.3. The van der Waals surface area contributed by atoms with Crippen LogP contribution in [0.5, 0.6) is 0 Å². The number of amides is 1. The van der Waals surface area contributed by atoms with E-state index in [1.807, 2.05) is 20.8 Å². The number of hydrogen-bond acceptors (Lipinski definition) is 5. The number of fused-ring (bicyclic) bond motifs is 2. The van der Waals surface area contributed by atoms with Gasteiger partial charge in [0.05, 0.1) is 7.11 Å². The number of ether oxygens (including phenoxy) is 2. The highest BCUT2D eigenvalue weighted by Crippen LogP contribution is 2.40.